The highest BCUT2D eigenvalue weighted by molar-refractivity contribution is 7.99. The van der Waals surface area contributed by atoms with E-state index in [1.54, 1.807) is 12.4 Å². The first-order chi connectivity index (χ1) is 16.1. The highest BCUT2D eigenvalue weighted by Gasteiger charge is 2.17. The molecule has 2 aromatic carbocycles. The Morgan fingerprint density at radius 3 is 2.55 bits per heavy atom. The van der Waals surface area contributed by atoms with E-state index >= 15 is 0 Å². The van der Waals surface area contributed by atoms with Crippen LogP contribution < -0.4 is 10.1 Å². The fraction of sp³-hybridized carbons (Fsp3) is 0.200. The van der Waals surface area contributed by atoms with E-state index in [1.165, 1.54) is 17.3 Å². The highest BCUT2D eigenvalue weighted by Crippen LogP contribution is 2.27. The normalized spacial score (nSPS) is 10.7. The maximum Gasteiger partial charge on any atom is 0.230 e. The fourth-order valence-corrected chi connectivity index (χ4v) is 4.01. The summed E-state index contributed by atoms with van der Waals surface area (Å²) in [5.74, 6) is 1.64. The Labute approximate surface area is 197 Å². The lowest BCUT2D eigenvalue weighted by Crippen LogP contribution is -2.29. The largest absolute Gasteiger partial charge is 0.492 e. The van der Waals surface area contributed by atoms with Crippen LogP contribution in [0.2, 0.25) is 0 Å². The average Bonchev–Trinajstić information content (AvgIpc) is 3.26. The van der Waals surface area contributed by atoms with Crippen LogP contribution in [0.1, 0.15) is 11.1 Å². The summed E-state index contributed by atoms with van der Waals surface area (Å²) in [7, 11) is 0. The second-order valence-electron chi connectivity index (χ2n) is 7.52. The molecule has 2 aromatic heterocycles. The predicted molar refractivity (Wildman–Crippen MR) is 130 cm³/mol. The van der Waals surface area contributed by atoms with Crippen LogP contribution in [0.15, 0.2) is 78.2 Å². The molecule has 0 aliphatic carbocycles. The van der Waals surface area contributed by atoms with Crippen LogP contribution in [-0.4, -0.2) is 44.6 Å². The summed E-state index contributed by atoms with van der Waals surface area (Å²) in [6.45, 7) is 4.90. The van der Waals surface area contributed by atoms with Crippen molar-refractivity contribution in [2.24, 2.45) is 0 Å². The van der Waals surface area contributed by atoms with Crippen LogP contribution in [-0.2, 0) is 4.79 Å². The van der Waals surface area contributed by atoms with Gasteiger partial charge in [-0.2, -0.15) is 0 Å². The zero-order valence-corrected chi connectivity index (χ0v) is 19.4. The Balaban J connectivity index is 1.39. The lowest BCUT2D eigenvalue weighted by Gasteiger charge is -2.11. The van der Waals surface area contributed by atoms with Crippen molar-refractivity contribution in [3.63, 3.8) is 0 Å². The van der Waals surface area contributed by atoms with E-state index in [2.05, 4.69) is 20.5 Å². The number of benzene rings is 2. The molecule has 8 heteroatoms. The third-order valence-electron chi connectivity index (χ3n) is 4.88. The first-order valence-electron chi connectivity index (χ1n) is 10.6. The van der Waals surface area contributed by atoms with Crippen molar-refractivity contribution in [2.75, 3.05) is 18.9 Å². The molecule has 0 bridgehead atoms. The molecule has 2 heterocycles. The predicted octanol–water partition coefficient (Wildman–Crippen LogP) is 4.23. The molecule has 0 aliphatic heterocycles. The van der Waals surface area contributed by atoms with Crippen LogP contribution in [0, 0.1) is 13.8 Å². The Kier molecular flexibility index (Phi) is 7.36. The second-order valence-corrected chi connectivity index (χ2v) is 8.46. The quantitative estimate of drug-likeness (QED) is 0.298. The summed E-state index contributed by atoms with van der Waals surface area (Å²) in [5.41, 5.74) is 4.14. The van der Waals surface area contributed by atoms with Crippen LogP contribution in [0.5, 0.6) is 5.75 Å². The molecule has 0 atom stereocenters. The molecule has 1 amide bonds. The number of carbonyl (C=O) groups excluding carboxylic acids is 1. The summed E-state index contributed by atoms with van der Waals surface area (Å²) >= 11 is 1.35. The molecule has 0 saturated heterocycles. The first kappa shape index (κ1) is 22.5. The Bertz CT molecular complexity index is 1210. The zero-order chi connectivity index (χ0) is 23.0. The summed E-state index contributed by atoms with van der Waals surface area (Å²) in [6, 6.07) is 19.8. The van der Waals surface area contributed by atoms with Crippen LogP contribution in [0.25, 0.3) is 17.1 Å². The molecule has 33 heavy (non-hydrogen) atoms. The Morgan fingerprint density at radius 2 is 1.79 bits per heavy atom. The van der Waals surface area contributed by atoms with Crippen molar-refractivity contribution < 1.29 is 9.53 Å². The molecule has 4 aromatic rings. The van der Waals surface area contributed by atoms with Gasteiger partial charge in [0.25, 0.3) is 0 Å². The van der Waals surface area contributed by atoms with Crippen molar-refractivity contribution in [3.8, 4) is 22.8 Å². The third-order valence-corrected chi connectivity index (χ3v) is 5.81. The van der Waals surface area contributed by atoms with Gasteiger partial charge in [0.1, 0.15) is 12.4 Å². The molecule has 168 valence electrons. The SMILES string of the molecule is Cc1ccc(-n2c(SCC(=O)NCCOc3cccc(C)c3)nnc2-c2ccncc2)cc1. The summed E-state index contributed by atoms with van der Waals surface area (Å²) in [6.07, 6.45) is 3.45. The number of ether oxygens (including phenoxy) is 1. The minimum Gasteiger partial charge on any atom is -0.492 e. The molecular weight excluding hydrogens is 434 g/mol. The van der Waals surface area contributed by atoms with E-state index in [0.717, 1.165) is 22.6 Å². The lowest BCUT2D eigenvalue weighted by molar-refractivity contribution is -0.118. The number of nitrogens with one attached hydrogen (secondary N) is 1. The topological polar surface area (TPSA) is 81.9 Å². The molecule has 0 radical (unpaired) electrons. The lowest BCUT2D eigenvalue weighted by atomic mass is 10.2. The maximum absolute atomic E-state index is 12.4. The van der Waals surface area contributed by atoms with Crippen molar-refractivity contribution >= 4 is 17.7 Å². The maximum atomic E-state index is 12.4. The van der Waals surface area contributed by atoms with Gasteiger partial charge in [0.15, 0.2) is 11.0 Å². The molecular formula is C25H25N5O2S. The second kappa shape index (κ2) is 10.8. The minimum absolute atomic E-state index is 0.0863. The van der Waals surface area contributed by atoms with Gasteiger partial charge in [-0.15, -0.1) is 10.2 Å². The molecule has 0 aliphatic rings. The monoisotopic (exact) mass is 459 g/mol. The minimum atomic E-state index is -0.0863. The van der Waals surface area contributed by atoms with Gasteiger partial charge in [-0.05, 0) is 55.8 Å². The van der Waals surface area contributed by atoms with E-state index in [-0.39, 0.29) is 11.7 Å². The number of carbonyl (C=O) groups is 1. The van der Waals surface area contributed by atoms with Crippen molar-refractivity contribution in [2.45, 2.75) is 19.0 Å². The van der Waals surface area contributed by atoms with Gasteiger partial charge in [-0.1, -0.05) is 41.6 Å². The number of thioether (sulfide) groups is 1. The van der Waals surface area contributed by atoms with Crippen molar-refractivity contribution in [3.05, 3.63) is 84.2 Å². The van der Waals surface area contributed by atoms with Crippen molar-refractivity contribution in [1.29, 1.82) is 0 Å². The molecule has 0 unspecified atom stereocenters. The molecule has 1 N–H and O–H groups in total. The summed E-state index contributed by atoms with van der Waals surface area (Å²) < 4.78 is 7.65. The molecule has 0 spiro atoms. The standard InChI is InChI=1S/C25H25N5O2S/c1-18-6-8-21(9-7-18)30-24(20-10-12-26-13-11-20)28-29-25(30)33-17-23(31)27-14-15-32-22-5-3-4-19(2)16-22/h3-13,16H,14-15,17H2,1-2H3,(H,27,31). The van der Waals surface area contributed by atoms with Crippen LogP contribution in [0.3, 0.4) is 0 Å². The Morgan fingerprint density at radius 1 is 1.00 bits per heavy atom. The number of hydrogen-bond donors (Lipinski definition) is 1. The Hall–Kier alpha value is -3.65. The van der Waals surface area contributed by atoms with Crippen LogP contribution in [0.4, 0.5) is 0 Å². The number of aromatic nitrogens is 4. The van der Waals surface area contributed by atoms with Gasteiger partial charge in [-0.3, -0.25) is 14.3 Å². The summed E-state index contributed by atoms with van der Waals surface area (Å²) in [5, 5.41) is 12.3. The molecule has 0 saturated carbocycles. The summed E-state index contributed by atoms with van der Waals surface area (Å²) in [4.78, 5) is 16.5. The number of rotatable bonds is 9. The van der Waals surface area contributed by atoms with Crippen molar-refractivity contribution in [1.82, 2.24) is 25.1 Å². The van der Waals surface area contributed by atoms with E-state index in [0.29, 0.717) is 24.1 Å². The van der Waals surface area contributed by atoms with Gasteiger partial charge in [0.2, 0.25) is 5.91 Å². The van der Waals surface area contributed by atoms with Gasteiger partial charge >= 0.3 is 0 Å². The number of hydrogen-bond acceptors (Lipinski definition) is 6. The van der Waals surface area contributed by atoms with E-state index in [4.69, 9.17) is 4.74 Å². The smallest absolute Gasteiger partial charge is 0.230 e. The van der Waals surface area contributed by atoms with Gasteiger partial charge in [-0.25, -0.2) is 0 Å². The van der Waals surface area contributed by atoms with Gasteiger partial charge in [0.05, 0.1) is 12.3 Å². The fourth-order valence-electron chi connectivity index (χ4n) is 3.22. The first-order valence-corrected chi connectivity index (χ1v) is 11.6. The van der Waals surface area contributed by atoms with Gasteiger partial charge < -0.3 is 10.1 Å². The van der Waals surface area contributed by atoms with E-state index in [1.807, 2.05) is 79.1 Å². The van der Waals surface area contributed by atoms with Gasteiger partial charge in [0, 0.05) is 23.6 Å². The third kappa shape index (κ3) is 5.98. The van der Waals surface area contributed by atoms with E-state index in [9.17, 15) is 4.79 Å². The molecule has 7 nitrogen and oxygen atoms in total. The number of nitrogens with zero attached hydrogens (tertiary/aromatic N) is 4. The average molecular weight is 460 g/mol. The number of aryl methyl sites for hydroxylation is 2. The highest BCUT2D eigenvalue weighted by atomic mass is 32.2. The molecule has 0 fully saturated rings. The van der Waals surface area contributed by atoms with E-state index < -0.39 is 0 Å². The van der Waals surface area contributed by atoms with Crippen LogP contribution >= 0.6 is 11.8 Å². The number of pyridine rings is 1. The zero-order valence-electron chi connectivity index (χ0n) is 18.6. The molecule has 4 rings (SSSR count). The number of amides is 1.